The standard InChI is InChI=1S/C23H37N5O/c1-3-14-27-15-11-21(12-16-27)26-23(24-4-2)25-13-7-10-22(29)28-17-19-8-5-6-9-20(19)18-28/h5-6,8-9,21H,3-4,7,10-18H2,1-2H3,(H2,24,25,26). The monoisotopic (exact) mass is 399 g/mol. The lowest BCUT2D eigenvalue weighted by atomic mass is 10.1. The molecule has 0 radical (unpaired) electrons. The van der Waals surface area contributed by atoms with Crippen LogP contribution in [0.4, 0.5) is 0 Å². The highest BCUT2D eigenvalue weighted by Gasteiger charge is 2.22. The smallest absolute Gasteiger partial charge is 0.223 e. The molecule has 3 rings (SSSR count). The predicted molar refractivity (Wildman–Crippen MR) is 119 cm³/mol. The summed E-state index contributed by atoms with van der Waals surface area (Å²) >= 11 is 0. The largest absolute Gasteiger partial charge is 0.357 e. The fourth-order valence-electron chi connectivity index (χ4n) is 4.22. The van der Waals surface area contributed by atoms with Gasteiger partial charge in [0.1, 0.15) is 0 Å². The molecule has 1 fully saturated rings. The van der Waals surface area contributed by atoms with E-state index in [-0.39, 0.29) is 5.91 Å². The number of fused-ring (bicyclic) bond motifs is 1. The van der Waals surface area contributed by atoms with Gasteiger partial charge in [0.25, 0.3) is 0 Å². The summed E-state index contributed by atoms with van der Waals surface area (Å²) in [5, 5.41) is 6.94. The Balaban J connectivity index is 1.39. The molecule has 0 bridgehead atoms. The Morgan fingerprint density at radius 3 is 2.45 bits per heavy atom. The van der Waals surface area contributed by atoms with Crippen LogP contribution in [0.5, 0.6) is 0 Å². The van der Waals surface area contributed by atoms with E-state index in [4.69, 9.17) is 4.99 Å². The molecule has 2 heterocycles. The van der Waals surface area contributed by atoms with Crippen LogP contribution in [-0.4, -0.2) is 60.4 Å². The fourth-order valence-corrected chi connectivity index (χ4v) is 4.22. The molecule has 29 heavy (non-hydrogen) atoms. The van der Waals surface area contributed by atoms with Gasteiger partial charge in [0.2, 0.25) is 5.91 Å². The maximum Gasteiger partial charge on any atom is 0.223 e. The first-order chi connectivity index (χ1) is 14.2. The first kappa shape index (κ1) is 21.6. The number of hydrogen-bond acceptors (Lipinski definition) is 3. The second kappa shape index (κ2) is 11.2. The first-order valence-corrected chi connectivity index (χ1v) is 11.3. The minimum atomic E-state index is 0.234. The Kier molecular flexibility index (Phi) is 8.35. The molecule has 1 saturated heterocycles. The molecule has 0 aliphatic carbocycles. The number of nitrogens with one attached hydrogen (secondary N) is 2. The minimum Gasteiger partial charge on any atom is -0.357 e. The van der Waals surface area contributed by atoms with Gasteiger partial charge < -0.3 is 20.4 Å². The molecule has 2 aliphatic rings. The van der Waals surface area contributed by atoms with E-state index < -0.39 is 0 Å². The molecule has 0 saturated carbocycles. The van der Waals surface area contributed by atoms with Crippen LogP contribution < -0.4 is 10.6 Å². The van der Waals surface area contributed by atoms with Gasteiger partial charge in [0.15, 0.2) is 5.96 Å². The number of benzene rings is 1. The van der Waals surface area contributed by atoms with Crippen molar-refractivity contribution >= 4 is 11.9 Å². The normalized spacial score (nSPS) is 18.0. The summed E-state index contributed by atoms with van der Waals surface area (Å²) in [7, 11) is 0. The molecule has 2 N–H and O–H groups in total. The van der Waals surface area contributed by atoms with Crippen LogP contribution in [-0.2, 0) is 17.9 Å². The molecule has 1 amide bonds. The van der Waals surface area contributed by atoms with Gasteiger partial charge in [0, 0.05) is 51.7 Å². The van der Waals surface area contributed by atoms with Crippen molar-refractivity contribution in [1.29, 1.82) is 0 Å². The molecule has 1 aromatic rings. The van der Waals surface area contributed by atoms with Crippen LogP contribution in [0.25, 0.3) is 0 Å². The molecule has 0 unspecified atom stereocenters. The molecule has 160 valence electrons. The summed E-state index contributed by atoms with van der Waals surface area (Å²) in [6.45, 7) is 10.9. The zero-order valence-electron chi connectivity index (χ0n) is 18.1. The van der Waals surface area contributed by atoms with Crippen LogP contribution in [0.2, 0.25) is 0 Å². The Morgan fingerprint density at radius 2 is 1.83 bits per heavy atom. The van der Waals surface area contributed by atoms with E-state index in [1.54, 1.807) is 0 Å². The van der Waals surface area contributed by atoms with Crippen molar-refractivity contribution in [3.63, 3.8) is 0 Å². The van der Waals surface area contributed by atoms with Crippen LogP contribution in [0, 0.1) is 0 Å². The SMILES string of the molecule is CCCN1CCC(NC(=NCCCC(=O)N2Cc3ccccc3C2)NCC)CC1. The lowest BCUT2D eigenvalue weighted by molar-refractivity contribution is -0.131. The average molecular weight is 400 g/mol. The third kappa shape index (κ3) is 6.46. The summed E-state index contributed by atoms with van der Waals surface area (Å²) < 4.78 is 0. The van der Waals surface area contributed by atoms with Crippen molar-refractivity contribution in [2.45, 2.75) is 65.1 Å². The van der Waals surface area contributed by atoms with Gasteiger partial charge in [-0.15, -0.1) is 0 Å². The van der Waals surface area contributed by atoms with Crippen molar-refractivity contribution in [3.8, 4) is 0 Å². The predicted octanol–water partition coefficient (Wildman–Crippen LogP) is 2.74. The Hall–Kier alpha value is -2.08. The molecule has 1 aromatic carbocycles. The van der Waals surface area contributed by atoms with Gasteiger partial charge in [-0.3, -0.25) is 9.79 Å². The molecule has 6 nitrogen and oxygen atoms in total. The summed E-state index contributed by atoms with van der Waals surface area (Å²) in [4.78, 5) is 21.7. The molecule has 2 aliphatic heterocycles. The van der Waals surface area contributed by atoms with E-state index in [1.807, 2.05) is 17.0 Å². The number of carbonyl (C=O) groups is 1. The quantitative estimate of drug-likeness (QED) is 0.401. The summed E-state index contributed by atoms with van der Waals surface area (Å²) in [6, 6.07) is 8.82. The zero-order valence-corrected chi connectivity index (χ0v) is 18.1. The van der Waals surface area contributed by atoms with Gasteiger partial charge in [-0.05, 0) is 50.3 Å². The van der Waals surface area contributed by atoms with E-state index in [0.29, 0.717) is 19.0 Å². The molecule has 6 heteroatoms. The van der Waals surface area contributed by atoms with E-state index in [2.05, 4.69) is 41.5 Å². The molecule has 0 spiro atoms. The highest BCUT2D eigenvalue weighted by atomic mass is 16.2. The Bertz CT molecular complexity index is 657. The van der Waals surface area contributed by atoms with Crippen molar-refractivity contribution in [3.05, 3.63) is 35.4 Å². The molecule has 0 atom stereocenters. The highest BCUT2D eigenvalue weighted by Crippen LogP contribution is 2.22. The number of likely N-dealkylation sites (tertiary alicyclic amines) is 1. The summed E-state index contributed by atoms with van der Waals surface area (Å²) in [5.74, 6) is 1.13. The van der Waals surface area contributed by atoms with Gasteiger partial charge in [-0.2, -0.15) is 0 Å². The Labute approximate surface area is 175 Å². The average Bonchev–Trinajstić information content (AvgIpc) is 3.17. The summed E-state index contributed by atoms with van der Waals surface area (Å²) in [6.07, 6.45) is 4.91. The van der Waals surface area contributed by atoms with Gasteiger partial charge in [0.05, 0.1) is 0 Å². The second-order valence-corrected chi connectivity index (χ2v) is 8.14. The van der Waals surface area contributed by atoms with Crippen LogP contribution in [0.15, 0.2) is 29.3 Å². The van der Waals surface area contributed by atoms with E-state index in [9.17, 15) is 4.79 Å². The molecular formula is C23H37N5O. The maximum atomic E-state index is 12.5. The van der Waals surface area contributed by atoms with Crippen molar-refractivity contribution < 1.29 is 4.79 Å². The van der Waals surface area contributed by atoms with Crippen molar-refractivity contribution in [2.75, 3.05) is 32.7 Å². The number of hydrogen-bond donors (Lipinski definition) is 2. The fraction of sp³-hybridized carbons (Fsp3) is 0.652. The number of rotatable bonds is 8. The zero-order chi connectivity index (χ0) is 20.5. The van der Waals surface area contributed by atoms with E-state index in [0.717, 1.165) is 45.1 Å². The number of carbonyl (C=O) groups excluding carboxylic acids is 1. The van der Waals surface area contributed by atoms with Crippen LogP contribution in [0.3, 0.4) is 0 Å². The van der Waals surface area contributed by atoms with Crippen molar-refractivity contribution in [1.82, 2.24) is 20.4 Å². The first-order valence-electron chi connectivity index (χ1n) is 11.3. The Morgan fingerprint density at radius 1 is 1.14 bits per heavy atom. The van der Waals surface area contributed by atoms with Gasteiger partial charge >= 0.3 is 0 Å². The third-order valence-electron chi connectivity index (χ3n) is 5.82. The summed E-state index contributed by atoms with van der Waals surface area (Å²) in [5.41, 5.74) is 2.56. The number of piperidine rings is 1. The lowest BCUT2D eigenvalue weighted by Gasteiger charge is -2.32. The second-order valence-electron chi connectivity index (χ2n) is 8.14. The molecular weight excluding hydrogens is 362 g/mol. The highest BCUT2D eigenvalue weighted by molar-refractivity contribution is 5.80. The maximum absolute atomic E-state index is 12.5. The number of nitrogens with zero attached hydrogens (tertiary/aromatic N) is 3. The van der Waals surface area contributed by atoms with Gasteiger partial charge in [-0.25, -0.2) is 0 Å². The van der Waals surface area contributed by atoms with Crippen molar-refractivity contribution in [2.24, 2.45) is 4.99 Å². The van der Waals surface area contributed by atoms with Gasteiger partial charge in [-0.1, -0.05) is 31.2 Å². The third-order valence-corrected chi connectivity index (χ3v) is 5.82. The lowest BCUT2D eigenvalue weighted by Crippen LogP contribution is -2.48. The van der Waals surface area contributed by atoms with E-state index >= 15 is 0 Å². The topological polar surface area (TPSA) is 60.0 Å². The van der Waals surface area contributed by atoms with E-state index in [1.165, 1.54) is 36.9 Å². The molecule has 0 aromatic heterocycles. The number of guanidine groups is 1. The number of aliphatic imine (C=N–C) groups is 1. The minimum absolute atomic E-state index is 0.234. The van der Waals surface area contributed by atoms with Crippen LogP contribution in [0.1, 0.15) is 57.1 Å². The van der Waals surface area contributed by atoms with Crippen LogP contribution >= 0.6 is 0 Å². The number of amides is 1.